The summed E-state index contributed by atoms with van der Waals surface area (Å²) in [6, 6.07) is 12.9. The molecular weight excluding hydrogens is 378 g/mol. The second-order valence-electron chi connectivity index (χ2n) is 7.53. The van der Waals surface area contributed by atoms with Crippen molar-refractivity contribution in [3.8, 4) is 5.75 Å². The molecule has 0 radical (unpaired) electrons. The fraction of sp³-hybridized carbons (Fsp3) is 0.318. The molecule has 6 heteroatoms. The Morgan fingerprint density at radius 2 is 1.61 bits per heavy atom. The van der Waals surface area contributed by atoms with Crippen molar-refractivity contribution in [2.24, 2.45) is 17.8 Å². The normalized spacial score (nSPS) is 24.2. The Morgan fingerprint density at radius 1 is 0.964 bits per heavy atom. The van der Waals surface area contributed by atoms with Crippen LogP contribution in [0.15, 0.2) is 48.5 Å². The summed E-state index contributed by atoms with van der Waals surface area (Å²) in [7, 11) is 0. The van der Waals surface area contributed by atoms with Gasteiger partial charge in [0.05, 0.1) is 23.1 Å². The van der Waals surface area contributed by atoms with E-state index >= 15 is 0 Å². The quantitative estimate of drug-likeness (QED) is 0.435. The van der Waals surface area contributed by atoms with Gasteiger partial charge in [-0.3, -0.25) is 14.5 Å². The molecule has 0 aromatic heterocycles. The molecule has 1 aliphatic heterocycles. The lowest BCUT2D eigenvalue weighted by Gasteiger charge is -2.25. The van der Waals surface area contributed by atoms with Crippen LogP contribution in [0.3, 0.4) is 0 Å². The van der Waals surface area contributed by atoms with Gasteiger partial charge in [0.15, 0.2) is 0 Å². The van der Waals surface area contributed by atoms with Gasteiger partial charge in [-0.15, -0.1) is 0 Å². The Hall–Kier alpha value is -2.66. The first-order chi connectivity index (χ1) is 13.4. The van der Waals surface area contributed by atoms with E-state index in [1.807, 2.05) is 0 Å². The van der Waals surface area contributed by atoms with Crippen LogP contribution in [0.2, 0.25) is 5.02 Å². The van der Waals surface area contributed by atoms with Crippen LogP contribution in [0.4, 0.5) is 5.69 Å². The standard InChI is InChI=1S/C22H20ClNO4/c1-13-2-11-18-19(12-13)21(26)24(20(18)25)16-7-9-17(10-8-16)28-22(27)14-3-5-15(23)6-4-14/h3-10,13,18-19H,2,11-12H2,1H3/t13-,18+,19+/m0/s1. The van der Waals surface area contributed by atoms with Crippen LogP contribution in [-0.4, -0.2) is 17.8 Å². The Labute approximate surface area is 168 Å². The highest BCUT2D eigenvalue weighted by Gasteiger charge is 2.49. The second kappa shape index (κ2) is 7.40. The molecule has 0 N–H and O–H groups in total. The third kappa shape index (κ3) is 3.42. The first kappa shape index (κ1) is 18.7. The summed E-state index contributed by atoms with van der Waals surface area (Å²) in [5.74, 6) is -0.343. The molecule has 1 aliphatic carbocycles. The van der Waals surface area contributed by atoms with E-state index < -0.39 is 5.97 Å². The van der Waals surface area contributed by atoms with E-state index in [4.69, 9.17) is 16.3 Å². The molecule has 1 saturated carbocycles. The number of carbonyl (C=O) groups is 3. The fourth-order valence-electron chi connectivity index (χ4n) is 4.06. The molecule has 5 nitrogen and oxygen atoms in total. The minimum atomic E-state index is -0.502. The van der Waals surface area contributed by atoms with Crippen LogP contribution in [0, 0.1) is 17.8 Å². The van der Waals surface area contributed by atoms with Crippen molar-refractivity contribution >= 4 is 35.1 Å². The summed E-state index contributed by atoms with van der Waals surface area (Å²) in [6.45, 7) is 2.13. The van der Waals surface area contributed by atoms with Gasteiger partial charge in [0.25, 0.3) is 0 Å². The Bertz CT molecular complexity index is 923. The maximum atomic E-state index is 12.8. The molecule has 4 rings (SSSR count). The van der Waals surface area contributed by atoms with Gasteiger partial charge < -0.3 is 4.74 Å². The SMILES string of the molecule is C[C@H]1CC[C@H]2C(=O)N(c3ccc(OC(=O)c4ccc(Cl)cc4)cc3)C(=O)[C@@H]2C1. The maximum Gasteiger partial charge on any atom is 0.343 e. The van der Waals surface area contributed by atoms with Gasteiger partial charge in [0, 0.05) is 5.02 Å². The van der Waals surface area contributed by atoms with Crippen molar-refractivity contribution < 1.29 is 19.1 Å². The molecular formula is C22H20ClNO4. The monoisotopic (exact) mass is 397 g/mol. The van der Waals surface area contributed by atoms with Gasteiger partial charge in [0.2, 0.25) is 11.8 Å². The molecule has 0 unspecified atom stereocenters. The van der Waals surface area contributed by atoms with Crippen LogP contribution in [-0.2, 0) is 9.59 Å². The van der Waals surface area contributed by atoms with Crippen LogP contribution in [0.1, 0.15) is 36.5 Å². The van der Waals surface area contributed by atoms with E-state index in [0.717, 1.165) is 19.3 Å². The van der Waals surface area contributed by atoms with Crippen molar-refractivity contribution in [3.05, 3.63) is 59.1 Å². The number of hydrogen-bond acceptors (Lipinski definition) is 4. The van der Waals surface area contributed by atoms with Crippen LogP contribution in [0.5, 0.6) is 5.75 Å². The molecule has 144 valence electrons. The van der Waals surface area contributed by atoms with Crippen molar-refractivity contribution in [3.63, 3.8) is 0 Å². The molecule has 2 aromatic carbocycles. The lowest BCUT2D eigenvalue weighted by molar-refractivity contribution is -0.122. The number of nitrogens with zero attached hydrogens (tertiary/aromatic N) is 1. The number of imide groups is 1. The highest BCUT2D eigenvalue weighted by atomic mass is 35.5. The third-order valence-corrected chi connectivity index (χ3v) is 5.83. The second-order valence-corrected chi connectivity index (χ2v) is 7.97. The number of anilines is 1. The summed E-state index contributed by atoms with van der Waals surface area (Å²) >= 11 is 5.82. The Kier molecular flexibility index (Phi) is 4.94. The van der Waals surface area contributed by atoms with Gasteiger partial charge in [-0.2, -0.15) is 0 Å². The molecule has 1 heterocycles. The summed E-state index contributed by atoms with van der Waals surface area (Å²) in [6.07, 6.45) is 2.51. The van der Waals surface area contributed by atoms with Crippen molar-refractivity contribution in [1.82, 2.24) is 0 Å². The number of ether oxygens (including phenoxy) is 1. The topological polar surface area (TPSA) is 63.7 Å². The summed E-state index contributed by atoms with van der Waals surface area (Å²) in [5.41, 5.74) is 0.903. The smallest absolute Gasteiger partial charge is 0.343 e. The summed E-state index contributed by atoms with van der Waals surface area (Å²) in [4.78, 5) is 39.0. The highest BCUT2D eigenvalue weighted by molar-refractivity contribution is 6.30. The maximum absolute atomic E-state index is 12.8. The summed E-state index contributed by atoms with van der Waals surface area (Å²) < 4.78 is 5.35. The number of hydrogen-bond donors (Lipinski definition) is 0. The molecule has 1 saturated heterocycles. The number of rotatable bonds is 3. The van der Waals surface area contributed by atoms with Crippen LogP contribution in [0.25, 0.3) is 0 Å². The zero-order valence-electron chi connectivity index (χ0n) is 15.4. The average Bonchev–Trinajstić information content (AvgIpc) is 2.93. The number of benzene rings is 2. The average molecular weight is 398 g/mol. The van der Waals surface area contributed by atoms with E-state index in [0.29, 0.717) is 27.9 Å². The van der Waals surface area contributed by atoms with Gasteiger partial charge in [0.1, 0.15) is 5.75 Å². The van der Waals surface area contributed by atoms with Crippen molar-refractivity contribution in [2.45, 2.75) is 26.2 Å². The van der Waals surface area contributed by atoms with Gasteiger partial charge in [-0.1, -0.05) is 18.5 Å². The summed E-state index contributed by atoms with van der Waals surface area (Å²) in [5, 5.41) is 0.538. The van der Waals surface area contributed by atoms with Crippen molar-refractivity contribution in [1.29, 1.82) is 0 Å². The molecule has 2 aliphatic rings. The fourth-order valence-corrected chi connectivity index (χ4v) is 4.19. The van der Waals surface area contributed by atoms with E-state index in [1.165, 1.54) is 4.90 Å². The van der Waals surface area contributed by atoms with E-state index in [1.54, 1.807) is 48.5 Å². The highest BCUT2D eigenvalue weighted by Crippen LogP contribution is 2.42. The van der Waals surface area contributed by atoms with Gasteiger partial charge in [-0.05, 0) is 73.7 Å². The first-order valence-electron chi connectivity index (χ1n) is 9.39. The van der Waals surface area contributed by atoms with E-state index in [-0.39, 0.29) is 23.7 Å². The van der Waals surface area contributed by atoms with Gasteiger partial charge >= 0.3 is 5.97 Å². The number of esters is 1. The number of fused-ring (bicyclic) bond motifs is 1. The van der Waals surface area contributed by atoms with E-state index in [2.05, 4.69) is 6.92 Å². The molecule has 0 bridgehead atoms. The third-order valence-electron chi connectivity index (χ3n) is 5.57. The molecule has 0 spiro atoms. The molecule has 3 atom stereocenters. The van der Waals surface area contributed by atoms with Crippen LogP contribution >= 0.6 is 11.6 Å². The molecule has 2 aromatic rings. The predicted molar refractivity (Wildman–Crippen MR) is 105 cm³/mol. The zero-order chi connectivity index (χ0) is 19.8. The largest absolute Gasteiger partial charge is 0.423 e. The molecule has 28 heavy (non-hydrogen) atoms. The van der Waals surface area contributed by atoms with Crippen LogP contribution < -0.4 is 9.64 Å². The van der Waals surface area contributed by atoms with Crippen molar-refractivity contribution in [2.75, 3.05) is 4.90 Å². The van der Waals surface area contributed by atoms with Gasteiger partial charge in [-0.25, -0.2) is 4.79 Å². The number of amides is 2. The lowest BCUT2D eigenvalue weighted by Crippen LogP contribution is -2.30. The number of carbonyl (C=O) groups excluding carboxylic acids is 3. The lowest BCUT2D eigenvalue weighted by atomic mass is 9.76. The first-order valence-corrected chi connectivity index (χ1v) is 9.77. The zero-order valence-corrected chi connectivity index (χ0v) is 16.2. The van der Waals surface area contributed by atoms with E-state index in [9.17, 15) is 14.4 Å². The molecule has 2 fully saturated rings. The predicted octanol–water partition coefficient (Wildman–Crippen LogP) is 4.48. The minimum Gasteiger partial charge on any atom is -0.423 e. The Morgan fingerprint density at radius 3 is 2.29 bits per heavy atom. The minimum absolute atomic E-state index is 0.118. The number of halogens is 1. The molecule has 2 amide bonds. The Balaban J connectivity index is 1.49.